The second kappa shape index (κ2) is 5.42. The number of aromatic nitrogens is 2. The molecule has 2 N–H and O–H groups in total. The summed E-state index contributed by atoms with van der Waals surface area (Å²) >= 11 is 0. The van der Waals surface area contributed by atoms with Gasteiger partial charge in [0.05, 0.1) is 23.8 Å². The van der Waals surface area contributed by atoms with Gasteiger partial charge in [0.25, 0.3) is 0 Å². The van der Waals surface area contributed by atoms with E-state index in [1.165, 1.54) is 18.2 Å². The molecule has 1 aromatic carbocycles. The van der Waals surface area contributed by atoms with Crippen LogP contribution in [0.2, 0.25) is 0 Å². The summed E-state index contributed by atoms with van der Waals surface area (Å²) in [4.78, 5) is 12.3. The highest BCUT2D eigenvalue weighted by Gasteiger charge is 2.44. The van der Waals surface area contributed by atoms with Gasteiger partial charge in [-0.1, -0.05) is 6.07 Å². The maximum atomic E-state index is 13.8. The van der Waals surface area contributed by atoms with Crippen LogP contribution in [0.3, 0.4) is 0 Å². The number of hydrogen-bond donors (Lipinski definition) is 2. The number of carbonyl (C=O) groups is 1. The zero-order valence-electron chi connectivity index (χ0n) is 12.2. The summed E-state index contributed by atoms with van der Waals surface area (Å²) in [6.45, 7) is 0. The molecule has 2 aliphatic rings. The average Bonchev–Trinajstić information content (AvgIpc) is 3.26. The van der Waals surface area contributed by atoms with Gasteiger partial charge in [-0.15, -0.1) is 0 Å². The number of benzene rings is 1. The first kappa shape index (κ1) is 14.3. The van der Waals surface area contributed by atoms with Crippen LogP contribution >= 0.6 is 0 Å². The van der Waals surface area contributed by atoms with E-state index in [-0.39, 0.29) is 35.4 Å². The van der Waals surface area contributed by atoms with Crippen molar-refractivity contribution in [2.24, 2.45) is 5.92 Å². The van der Waals surface area contributed by atoms with Crippen molar-refractivity contribution in [2.75, 3.05) is 5.32 Å². The third-order valence-electron chi connectivity index (χ3n) is 4.51. The van der Waals surface area contributed by atoms with Crippen LogP contribution in [0.4, 0.5) is 14.6 Å². The molecule has 0 unspecified atom stereocenters. The zero-order valence-corrected chi connectivity index (χ0v) is 12.2. The number of anilines is 1. The fourth-order valence-electron chi connectivity index (χ4n) is 3.37. The van der Waals surface area contributed by atoms with E-state index >= 15 is 0 Å². The molecule has 0 spiro atoms. The van der Waals surface area contributed by atoms with Gasteiger partial charge in [-0.2, -0.15) is 5.10 Å². The van der Waals surface area contributed by atoms with Crippen LogP contribution in [0.15, 0.2) is 24.3 Å². The molecule has 2 aliphatic heterocycles. The lowest BCUT2D eigenvalue weighted by molar-refractivity contribution is -0.121. The number of carbonyl (C=O) groups excluding carboxylic acids is 1. The Kier molecular flexibility index (Phi) is 3.37. The fourth-order valence-corrected chi connectivity index (χ4v) is 3.37. The maximum absolute atomic E-state index is 13.8. The summed E-state index contributed by atoms with van der Waals surface area (Å²) < 4.78 is 32.7. The van der Waals surface area contributed by atoms with Crippen LogP contribution in [-0.2, 0) is 9.53 Å². The standard InChI is InChI=1S/C16H15F2N3O2/c17-11-3-1-2-9(15(11)18)12-7-14(21-20-12)19-16(22)10-6-8-4-5-13(10)23-8/h1-3,7-8,10,13H,4-6H2,(H2,19,20,21,22)/t8-,10+,13-/m1/s1. The van der Waals surface area contributed by atoms with Crippen molar-refractivity contribution in [3.05, 3.63) is 35.9 Å². The molecule has 3 atom stereocenters. The Morgan fingerprint density at radius 2 is 2.22 bits per heavy atom. The van der Waals surface area contributed by atoms with Crippen molar-refractivity contribution in [3.63, 3.8) is 0 Å². The van der Waals surface area contributed by atoms with Crippen molar-refractivity contribution in [1.82, 2.24) is 10.2 Å². The summed E-state index contributed by atoms with van der Waals surface area (Å²) in [6.07, 6.45) is 2.82. The van der Waals surface area contributed by atoms with Crippen molar-refractivity contribution in [3.8, 4) is 11.3 Å². The number of nitrogens with zero attached hydrogens (tertiary/aromatic N) is 1. The van der Waals surface area contributed by atoms with E-state index in [1.54, 1.807) is 0 Å². The lowest BCUT2D eigenvalue weighted by atomic mass is 9.88. The minimum Gasteiger partial charge on any atom is -0.374 e. The predicted octanol–water partition coefficient (Wildman–Crippen LogP) is 2.86. The molecular formula is C16H15F2N3O2. The van der Waals surface area contributed by atoms with Crippen LogP contribution in [-0.4, -0.2) is 28.3 Å². The van der Waals surface area contributed by atoms with Gasteiger partial charge < -0.3 is 10.1 Å². The first-order valence-electron chi connectivity index (χ1n) is 7.58. The smallest absolute Gasteiger partial charge is 0.231 e. The van der Waals surface area contributed by atoms with Gasteiger partial charge in [0, 0.05) is 11.6 Å². The first-order chi connectivity index (χ1) is 11.1. The largest absolute Gasteiger partial charge is 0.374 e. The normalized spacial score (nSPS) is 25.7. The average molecular weight is 319 g/mol. The number of hydrogen-bond acceptors (Lipinski definition) is 3. The van der Waals surface area contributed by atoms with Crippen LogP contribution in [0, 0.1) is 17.6 Å². The van der Waals surface area contributed by atoms with Crippen LogP contribution in [0.5, 0.6) is 0 Å². The van der Waals surface area contributed by atoms with Gasteiger partial charge in [-0.05, 0) is 31.4 Å². The fraction of sp³-hybridized carbons (Fsp3) is 0.375. The first-order valence-corrected chi connectivity index (χ1v) is 7.58. The van der Waals surface area contributed by atoms with Gasteiger partial charge in [0.2, 0.25) is 5.91 Å². The minimum atomic E-state index is -0.949. The van der Waals surface area contributed by atoms with E-state index in [9.17, 15) is 13.6 Å². The predicted molar refractivity (Wildman–Crippen MR) is 78.6 cm³/mol. The molecule has 1 aromatic heterocycles. The molecule has 0 saturated carbocycles. The molecule has 2 saturated heterocycles. The summed E-state index contributed by atoms with van der Waals surface area (Å²) in [5.41, 5.74) is 0.378. The monoisotopic (exact) mass is 319 g/mol. The second-order valence-corrected chi connectivity index (χ2v) is 5.97. The number of fused-ring (bicyclic) bond motifs is 2. The third kappa shape index (κ3) is 2.50. The summed E-state index contributed by atoms with van der Waals surface area (Å²) in [6, 6.07) is 5.40. The number of ether oxygens (including phenoxy) is 1. The van der Waals surface area contributed by atoms with Gasteiger partial charge in [-0.25, -0.2) is 8.78 Å². The molecular weight excluding hydrogens is 304 g/mol. The number of halogens is 2. The number of aromatic amines is 1. The lowest BCUT2D eigenvalue weighted by Crippen LogP contribution is -2.30. The van der Waals surface area contributed by atoms with E-state index in [0.717, 1.165) is 25.3 Å². The summed E-state index contributed by atoms with van der Waals surface area (Å²) in [5, 5.41) is 9.28. The Balaban J connectivity index is 1.50. The molecule has 120 valence electrons. The molecule has 1 amide bonds. The molecule has 4 rings (SSSR count). The van der Waals surface area contributed by atoms with E-state index in [2.05, 4.69) is 15.5 Å². The molecule has 2 fully saturated rings. The number of rotatable bonds is 3. The highest BCUT2D eigenvalue weighted by Crippen LogP contribution is 2.39. The van der Waals surface area contributed by atoms with Crippen molar-refractivity contribution >= 4 is 11.7 Å². The van der Waals surface area contributed by atoms with Gasteiger partial charge >= 0.3 is 0 Å². The van der Waals surface area contributed by atoms with Crippen LogP contribution < -0.4 is 5.32 Å². The molecule has 3 heterocycles. The molecule has 2 aromatic rings. The molecule has 0 aliphatic carbocycles. The van der Waals surface area contributed by atoms with Crippen LogP contribution in [0.25, 0.3) is 11.3 Å². The number of H-pyrrole nitrogens is 1. The SMILES string of the molecule is O=C(Nc1cc(-c2cccc(F)c2F)[nH]n1)[C@H]1C[C@H]2CC[C@H]1O2. The lowest BCUT2D eigenvalue weighted by Gasteiger charge is -2.16. The minimum absolute atomic E-state index is 0.0147. The van der Waals surface area contributed by atoms with E-state index < -0.39 is 11.6 Å². The number of amides is 1. The van der Waals surface area contributed by atoms with Gasteiger partial charge in [0.1, 0.15) is 0 Å². The molecule has 5 nitrogen and oxygen atoms in total. The summed E-state index contributed by atoms with van der Waals surface area (Å²) in [7, 11) is 0. The summed E-state index contributed by atoms with van der Waals surface area (Å²) in [5.74, 6) is -1.90. The molecule has 7 heteroatoms. The molecule has 2 bridgehead atoms. The zero-order chi connectivity index (χ0) is 16.0. The van der Waals surface area contributed by atoms with Gasteiger partial charge in [-0.3, -0.25) is 9.89 Å². The molecule has 23 heavy (non-hydrogen) atoms. The second-order valence-electron chi connectivity index (χ2n) is 5.97. The quantitative estimate of drug-likeness (QED) is 0.914. The number of nitrogens with one attached hydrogen (secondary N) is 2. The van der Waals surface area contributed by atoms with Crippen molar-refractivity contribution in [1.29, 1.82) is 0 Å². The van der Waals surface area contributed by atoms with E-state index in [1.807, 2.05) is 0 Å². The van der Waals surface area contributed by atoms with Gasteiger partial charge in [0.15, 0.2) is 17.5 Å². The van der Waals surface area contributed by atoms with Crippen molar-refractivity contribution in [2.45, 2.75) is 31.5 Å². The Morgan fingerprint density at radius 1 is 1.35 bits per heavy atom. The van der Waals surface area contributed by atoms with E-state index in [4.69, 9.17) is 4.74 Å². The highest BCUT2D eigenvalue weighted by molar-refractivity contribution is 5.92. The van der Waals surface area contributed by atoms with Crippen LogP contribution in [0.1, 0.15) is 19.3 Å². The maximum Gasteiger partial charge on any atom is 0.231 e. The molecule has 0 radical (unpaired) electrons. The van der Waals surface area contributed by atoms with E-state index in [0.29, 0.717) is 5.69 Å². The highest BCUT2D eigenvalue weighted by atomic mass is 19.2. The Bertz CT molecular complexity index is 762. The Hall–Kier alpha value is -2.28. The Morgan fingerprint density at radius 3 is 2.96 bits per heavy atom. The van der Waals surface area contributed by atoms with Crippen molar-refractivity contribution < 1.29 is 18.3 Å². The topological polar surface area (TPSA) is 67.0 Å². The third-order valence-corrected chi connectivity index (χ3v) is 4.51. The Labute approximate surface area is 131 Å².